The lowest BCUT2D eigenvalue weighted by Crippen LogP contribution is -2.36. The molecule has 29 heavy (non-hydrogen) atoms. The Balaban J connectivity index is 0. The van der Waals surface area contributed by atoms with E-state index in [1.807, 2.05) is 6.92 Å². The molecular weight excluding hydrogens is 368 g/mol. The first-order valence-electron chi connectivity index (χ1n) is 11.4. The normalized spacial score (nSPS) is 11.2. The topological polar surface area (TPSA) is 131 Å². The maximum atomic E-state index is 10.7. The summed E-state index contributed by atoms with van der Waals surface area (Å²) in [7, 11) is 0. The van der Waals surface area contributed by atoms with E-state index < -0.39 is 12.0 Å². The minimum absolute atomic E-state index is 0.0420. The summed E-state index contributed by atoms with van der Waals surface area (Å²) < 4.78 is 0. The van der Waals surface area contributed by atoms with Crippen LogP contribution in [0.2, 0.25) is 0 Å². The largest absolute Gasteiger partial charge is 0.480 e. The molecule has 0 amide bonds. The molecule has 0 spiro atoms. The van der Waals surface area contributed by atoms with Gasteiger partial charge in [-0.05, 0) is 25.8 Å². The van der Waals surface area contributed by atoms with E-state index in [0.29, 0.717) is 25.9 Å². The van der Waals surface area contributed by atoms with Crippen molar-refractivity contribution in [1.82, 2.24) is 5.32 Å². The zero-order valence-electron chi connectivity index (χ0n) is 18.8. The van der Waals surface area contributed by atoms with Gasteiger partial charge in [0.2, 0.25) is 0 Å². The van der Waals surface area contributed by atoms with E-state index in [1.165, 1.54) is 64.2 Å². The van der Waals surface area contributed by atoms with Gasteiger partial charge >= 0.3 is 5.97 Å². The van der Waals surface area contributed by atoms with Crippen LogP contribution in [-0.4, -0.2) is 42.5 Å². The van der Waals surface area contributed by atoms with Crippen molar-refractivity contribution in [3.63, 3.8) is 0 Å². The third-order valence-electron chi connectivity index (χ3n) is 4.62. The predicted molar refractivity (Wildman–Crippen MR) is 122 cm³/mol. The van der Waals surface area contributed by atoms with E-state index >= 15 is 0 Å². The number of likely N-dealkylation sites (N-methyl/N-ethyl adjacent to an activating group) is 1. The maximum absolute atomic E-state index is 10.7. The summed E-state index contributed by atoms with van der Waals surface area (Å²) in [6, 6.07) is -0.505. The van der Waals surface area contributed by atoms with Crippen LogP contribution in [0.5, 0.6) is 0 Å². The van der Waals surface area contributed by atoms with Crippen molar-refractivity contribution in [2.24, 2.45) is 16.5 Å². The van der Waals surface area contributed by atoms with E-state index in [0.717, 1.165) is 19.1 Å². The van der Waals surface area contributed by atoms with Crippen LogP contribution in [0.3, 0.4) is 0 Å². The van der Waals surface area contributed by atoms with Gasteiger partial charge < -0.3 is 26.7 Å². The number of guanidine groups is 1. The average Bonchev–Trinajstić information content (AvgIpc) is 2.68. The van der Waals surface area contributed by atoms with Crippen LogP contribution in [0.4, 0.5) is 0 Å². The lowest BCUT2D eigenvalue weighted by molar-refractivity contribution is -0.139. The van der Waals surface area contributed by atoms with Crippen molar-refractivity contribution in [2.75, 3.05) is 13.1 Å². The van der Waals surface area contributed by atoms with Crippen molar-refractivity contribution < 1.29 is 14.7 Å². The monoisotopic (exact) mass is 414 g/mol. The Labute approximate surface area is 178 Å². The first-order valence-corrected chi connectivity index (χ1v) is 11.4. The van der Waals surface area contributed by atoms with Crippen molar-refractivity contribution in [1.29, 1.82) is 0 Å². The van der Waals surface area contributed by atoms with Crippen molar-refractivity contribution >= 4 is 18.2 Å². The summed E-state index contributed by atoms with van der Waals surface area (Å²) in [5.74, 6) is -0.795. The molecule has 0 fully saturated rings. The summed E-state index contributed by atoms with van der Waals surface area (Å²) in [6.45, 7) is 5.24. The summed E-state index contributed by atoms with van der Waals surface area (Å²) in [5.41, 5.74) is 10.2. The summed E-state index contributed by atoms with van der Waals surface area (Å²) in [4.78, 5) is 24.5. The lowest BCUT2D eigenvalue weighted by Gasteiger charge is -2.11. The molecule has 0 saturated carbocycles. The average molecular weight is 415 g/mol. The zero-order chi connectivity index (χ0) is 22.2. The number of unbranched alkanes of at least 4 members (excludes halogenated alkanes) is 11. The van der Waals surface area contributed by atoms with Crippen LogP contribution in [0, 0.1) is 0 Å². The fourth-order valence-electron chi connectivity index (χ4n) is 2.95. The number of carboxylic acid groups (broad SMARTS) is 1. The second-order valence-corrected chi connectivity index (χ2v) is 7.39. The molecule has 0 radical (unpaired) electrons. The molecule has 7 nitrogen and oxygen atoms in total. The van der Waals surface area contributed by atoms with Gasteiger partial charge in [0.05, 0.1) is 0 Å². The number of carbonyl (C=O) groups is 2. The van der Waals surface area contributed by atoms with Gasteiger partial charge in [-0.2, -0.15) is 0 Å². The number of carbonyl (C=O) groups excluding carboxylic acids is 1. The molecule has 6 N–H and O–H groups in total. The number of aldehydes is 1. The number of nitrogens with one attached hydrogen (secondary N) is 1. The quantitative estimate of drug-likeness (QED) is 0.109. The Morgan fingerprint density at radius 3 is 1.86 bits per heavy atom. The first-order chi connectivity index (χ1) is 14.0. The summed E-state index contributed by atoms with van der Waals surface area (Å²) in [6.07, 6.45) is 17.9. The second-order valence-electron chi connectivity index (χ2n) is 7.39. The van der Waals surface area contributed by atoms with Crippen molar-refractivity contribution in [2.45, 2.75) is 110 Å². The molecular formula is C22H46N4O3. The van der Waals surface area contributed by atoms with Crippen LogP contribution in [0.15, 0.2) is 4.99 Å². The zero-order valence-corrected chi connectivity index (χ0v) is 18.8. The molecule has 0 aromatic rings. The van der Waals surface area contributed by atoms with Gasteiger partial charge in [-0.3, -0.25) is 9.79 Å². The maximum Gasteiger partial charge on any atom is 0.320 e. The van der Waals surface area contributed by atoms with E-state index in [4.69, 9.17) is 16.6 Å². The minimum Gasteiger partial charge on any atom is -0.480 e. The van der Waals surface area contributed by atoms with Crippen LogP contribution in [-0.2, 0) is 9.59 Å². The molecule has 1 atom stereocenters. The van der Waals surface area contributed by atoms with E-state index in [9.17, 15) is 9.59 Å². The molecule has 172 valence electrons. The number of aliphatic carboxylic acids is 1. The molecule has 0 aromatic carbocycles. The van der Waals surface area contributed by atoms with Gasteiger partial charge in [0.1, 0.15) is 12.3 Å². The Morgan fingerprint density at radius 2 is 1.45 bits per heavy atom. The van der Waals surface area contributed by atoms with Crippen LogP contribution in [0.25, 0.3) is 0 Å². The number of hydrogen-bond donors (Lipinski definition) is 4. The Kier molecular flexibility index (Phi) is 24.9. The molecule has 0 aliphatic rings. The molecule has 0 saturated heterocycles. The molecule has 0 aliphatic heterocycles. The molecule has 0 unspecified atom stereocenters. The van der Waals surface area contributed by atoms with Gasteiger partial charge in [-0.15, -0.1) is 0 Å². The van der Waals surface area contributed by atoms with Crippen LogP contribution < -0.4 is 16.8 Å². The SMILES string of the molecule is CCCCCCCCCCCCCC=O.CCN[C@@H](CCCN=C(N)N)C(=O)O. The second kappa shape index (κ2) is 24.4. The van der Waals surface area contributed by atoms with Crippen LogP contribution in [0.1, 0.15) is 104 Å². The Hall–Kier alpha value is -1.63. The third kappa shape index (κ3) is 26.4. The van der Waals surface area contributed by atoms with E-state index in [2.05, 4.69) is 17.2 Å². The smallest absolute Gasteiger partial charge is 0.320 e. The fraction of sp³-hybridized carbons (Fsp3) is 0.864. The molecule has 0 bridgehead atoms. The van der Waals surface area contributed by atoms with E-state index in [1.54, 1.807) is 0 Å². The Bertz CT molecular complexity index is 400. The van der Waals surface area contributed by atoms with Crippen LogP contribution >= 0.6 is 0 Å². The number of nitrogens with zero attached hydrogens (tertiary/aromatic N) is 1. The number of nitrogens with two attached hydrogens (primary N) is 2. The van der Waals surface area contributed by atoms with E-state index in [-0.39, 0.29) is 5.96 Å². The summed E-state index contributed by atoms with van der Waals surface area (Å²) >= 11 is 0. The van der Waals surface area contributed by atoms with Crippen molar-refractivity contribution in [3.8, 4) is 0 Å². The highest BCUT2D eigenvalue weighted by Crippen LogP contribution is 2.11. The van der Waals surface area contributed by atoms with Crippen molar-refractivity contribution in [3.05, 3.63) is 0 Å². The first kappa shape index (κ1) is 29.6. The molecule has 0 aromatic heterocycles. The molecule has 0 heterocycles. The minimum atomic E-state index is -0.837. The lowest BCUT2D eigenvalue weighted by atomic mass is 10.1. The fourth-order valence-corrected chi connectivity index (χ4v) is 2.95. The highest BCUT2D eigenvalue weighted by atomic mass is 16.4. The third-order valence-corrected chi connectivity index (χ3v) is 4.62. The number of carboxylic acids is 1. The highest BCUT2D eigenvalue weighted by Gasteiger charge is 2.14. The number of aliphatic imine (C=N–C) groups is 1. The molecule has 7 heteroatoms. The highest BCUT2D eigenvalue weighted by molar-refractivity contribution is 5.75. The predicted octanol–water partition coefficient (Wildman–Crippen LogP) is 3.99. The standard InChI is InChI=1S/C14H28O.C8H18N4O2/c1-2-3-4-5-6-7-8-9-10-11-12-13-14-15;1-2-11-6(7(13)14)4-3-5-12-8(9)10/h14H,2-13H2,1H3;6,11H,2-5H2,1H3,(H,13,14)(H4,9,10,12)/t;6-/m.0/s1. The molecule has 0 rings (SSSR count). The number of rotatable bonds is 19. The summed E-state index contributed by atoms with van der Waals surface area (Å²) in [5, 5.41) is 11.6. The van der Waals surface area contributed by atoms with Gasteiger partial charge in [0.15, 0.2) is 5.96 Å². The Morgan fingerprint density at radius 1 is 0.931 bits per heavy atom. The van der Waals surface area contributed by atoms with Gasteiger partial charge in [0, 0.05) is 13.0 Å². The van der Waals surface area contributed by atoms with Gasteiger partial charge in [-0.1, -0.05) is 78.1 Å². The number of hydrogen-bond acceptors (Lipinski definition) is 4. The molecule has 0 aliphatic carbocycles. The van der Waals surface area contributed by atoms with Gasteiger partial charge in [-0.25, -0.2) is 0 Å². The van der Waals surface area contributed by atoms with Gasteiger partial charge in [0.25, 0.3) is 0 Å².